The molecule has 2 N–H and O–H groups in total. The van der Waals surface area contributed by atoms with Crippen LogP contribution in [0.3, 0.4) is 0 Å². The summed E-state index contributed by atoms with van der Waals surface area (Å²) in [5, 5.41) is 10.8. The topological polar surface area (TPSA) is 45.1 Å². The van der Waals surface area contributed by atoms with Gasteiger partial charge in [0, 0.05) is 18.3 Å². The molecule has 0 radical (unpaired) electrons. The van der Waals surface area contributed by atoms with Gasteiger partial charge in [-0.25, -0.2) is 0 Å². The summed E-state index contributed by atoms with van der Waals surface area (Å²) in [6, 6.07) is 0.444. The van der Waals surface area contributed by atoms with E-state index in [9.17, 15) is 0 Å². The van der Waals surface area contributed by atoms with Crippen molar-refractivity contribution in [3.05, 3.63) is 12.3 Å². The number of nitrogens with one attached hydrogen (secondary N) is 2. The van der Waals surface area contributed by atoms with Crippen molar-refractivity contribution in [1.82, 2.24) is 5.32 Å². The van der Waals surface area contributed by atoms with Gasteiger partial charge in [-0.2, -0.15) is 0 Å². The van der Waals surface area contributed by atoms with Crippen LogP contribution in [-0.2, 0) is 4.74 Å². The third-order valence-electron chi connectivity index (χ3n) is 2.91. The van der Waals surface area contributed by atoms with E-state index in [4.69, 9.17) is 10.1 Å². The summed E-state index contributed by atoms with van der Waals surface area (Å²) in [5.41, 5.74) is 0. The van der Waals surface area contributed by atoms with Crippen molar-refractivity contribution in [2.75, 3.05) is 0 Å². The lowest BCUT2D eigenvalue weighted by molar-refractivity contribution is 0.289. The highest BCUT2D eigenvalue weighted by Crippen LogP contribution is 2.23. The van der Waals surface area contributed by atoms with Crippen molar-refractivity contribution in [1.29, 1.82) is 5.41 Å². The molecule has 1 fully saturated rings. The molecule has 3 heteroatoms. The van der Waals surface area contributed by atoms with Crippen LogP contribution in [0.15, 0.2) is 12.3 Å². The molecular weight excluding hydrogens is 188 g/mol. The molecule has 0 heterocycles. The fraction of sp³-hybridized carbons (Fsp3) is 0.750. The minimum atomic E-state index is 0.265. The second kappa shape index (κ2) is 5.79. The summed E-state index contributed by atoms with van der Waals surface area (Å²) >= 11 is 0. The number of rotatable bonds is 6. The lowest BCUT2D eigenvalue weighted by atomic mass is 10.0. The minimum absolute atomic E-state index is 0.265. The Bertz CT molecular complexity index is 234. The van der Waals surface area contributed by atoms with Crippen LogP contribution in [-0.4, -0.2) is 18.0 Å². The molecule has 86 valence electrons. The van der Waals surface area contributed by atoms with Crippen LogP contribution >= 0.6 is 0 Å². The minimum Gasteiger partial charge on any atom is -0.475 e. The molecule has 1 saturated carbocycles. The molecule has 0 aliphatic heterocycles. The zero-order valence-corrected chi connectivity index (χ0v) is 9.92. The van der Waals surface area contributed by atoms with E-state index in [0.29, 0.717) is 18.1 Å². The van der Waals surface area contributed by atoms with E-state index in [2.05, 4.69) is 26.1 Å². The van der Waals surface area contributed by atoms with Crippen molar-refractivity contribution >= 4 is 5.90 Å². The lowest BCUT2D eigenvalue weighted by Crippen LogP contribution is -2.27. The second-order valence-electron chi connectivity index (χ2n) is 4.36. The van der Waals surface area contributed by atoms with E-state index in [1.54, 1.807) is 6.08 Å². The quantitative estimate of drug-likeness (QED) is 0.523. The van der Waals surface area contributed by atoms with Gasteiger partial charge < -0.3 is 10.1 Å². The summed E-state index contributed by atoms with van der Waals surface area (Å²) in [5.74, 6) is 0.912. The molecule has 15 heavy (non-hydrogen) atoms. The van der Waals surface area contributed by atoms with Crippen molar-refractivity contribution in [3.8, 4) is 0 Å². The standard InChI is InChI=1S/C12H22N2O/c1-4-9(2)10(3)14-8-7-12(13)15-11-5-6-11/h7-11,13-14H,4-6H2,1-3H3/b8-7-,13-12?/t9-,10+/m0/s1. The average Bonchev–Trinajstić information content (AvgIpc) is 3.00. The van der Waals surface area contributed by atoms with Crippen molar-refractivity contribution in [2.24, 2.45) is 5.92 Å². The summed E-state index contributed by atoms with van der Waals surface area (Å²) in [6.45, 7) is 6.56. The van der Waals surface area contributed by atoms with Gasteiger partial charge in [0.15, 0.2) is 0 Å². The summed E-state index contributed by atoms with van der Waals surface area (Å²) in [7, 11) is 0. The van der Waals surface area contributed by atoms with Crippen molar-refractivity contribution in [2.45, 2.75) is 52.2 Å². The van der Waals surface area contributed by atoms with Crippen LogP contribution in [0.5, 0.6) is 0 Å². The predicted octanol–water partition coefficient (Wildman–Crippen LogP) is 2.68. The van der Waals surface area contributed by atoms with Gasteiger partial charge in [0.1, 0.15) is 6.10 Å². The molecule has 0 saturated heterocycles. The molecule has 0 bridgehead atoms. The van der Waals surface area contributed by atoms with Gasteiger partial charge in [-0.15, -0.1) is 0 Å². The predicted molar refractivity (Wildman–Crippen MR) is 63.0 cm³/mol. The van der Waals surface area contributed by atoms with Gasteiger partial charge in [-0.1, -0.05) is 20.3 Å². The largest absolute Gasteiger partial charge is 0.475 e. The normalized spacial score (nSPS) is 19.9. The highest BCUT2D eigenvalue weighted by atomic mass is 16.5. The maximum atomic E-state index is 7.51. The van der Waals surface area contributed by atoms with E-state index < -0.39 is 0 Å². The first kappa shape index (κ1) is 12.1. The molecule has 0 unspecified atom stereocenters. The molecule has 0 aromatic carbocycles. The molecule has 2 atom stereocenters. The molecule has 0 aromatic heterocycles. The Labute approximate surface area is 92.4 Å². The Balaban J connectivity index is 2.16. The van der Waals surface area contributed by atoms with E-state index in [-0.39, 0.29) is 5.90 Å². The van der Waals surface area contributed by atoms with Crippen LogP contribution in [0.1, 0.15) is 40.0 Å². The third kappa shape index (κ3) is 4.86. The van der Waals surface area contributed by atoms with Gasteiger partial charge >= 0.3 is 0 Å². The Morgan fingerprint density at radius 1 is 1.53 bits per heavy atom. The van der Waals surface area contributed by atoms with Crippen molar-refractivity contribution < 1.29 is 4.74 Å². The van der Waals surface area contributed by atoms with Gasteiger partial charge in [-0.05, 0) is 25.7 Å². The van der Waals surface area contributed by atoms with Crippen LogP contribution in [0.2, 0.25) is 0 Å². The lowest BCUT2D eigenvalue weighted by Gasteiger charge is -2.18. The molecule has 1 aliphatic carbocycles. The molecule has 0 aromatic rings. The van der Waals surface area contributed by atoms with Crippen LogP contribution in [0.25, 0.3) is 0 Å². The Hall–Kier alpha value is -0.990. The second-order valence-corrected chi connectivity index (χ2v) is 4.36. The maximum Gasteiger partial charge on any atom is 0.207 e. The average molecular weight is 210 g/mol. The van der Waals surface area contributed by atoms with Crippen LogP contribution < -0.4 is 5.32 Å². The zero-order chi connectivity index (χ0) is 11.3. The Morgan fingerprint density at radius 3 is 2.73 bits per heavy atom. The molecular formula is C12H22N2O. The smallest absolute Gasteiger partial charge is 0.207 e. The molecule has 0 spiro atoms. The first-order chi connectivity index (χ1) is 7.13. The Kier molecular flexibility index (Phi) is 4.66. The fourth-order valence-corrected chi connectivity index (χ4v) is 1.20. The van der Waals surface area contributed by atoms with E-state index in [1.165, 1.54) is 0 Å². The summed E-state index contributed by atoms with van der Waals surface area (Å²) in [4.78, 5) is 0. The molecule has 1 aliphatic rings. The number of ether oxygens (including phenoxy) is 1. The highest BCUT2D eigenvalue weighted by Gasteiger charge is 2.23. The molecule has 1 rings (SSSR count). The van der Waals surface area contributed by atoms with Gasteiger partial charge in [0.05, 0.1) is 0 Å². The first-order valence-corrected chi connectivity index (χ1v) is 5.81. The van der Waals surface area contributed by atoms with Gasteiger partial charge in [0.2, 0.25) is 5.90 Å². The fourth-order valence-electron chi connectivity index (χ4n) is 1.20. The SMILES string of the molecule is CC[C@H](C)[C@@H](C)N/C=C\C(=N)OC1CC1. The zero-order valence-electron chi connectivity index (χ0n) is 9.92. The van der Waals surface area contributed by atoms with Crippen LogP contribution in [0, 0.1) is 11.3 Å². The van der Waals surface area contributed by atoms with Crippen molar-refractivity contribution in [3.63, 3.8) is 0 Å². The van der Waals surface area contributed by atoms with E-state index in [1.807, 2.05) is 6.20 Å². The maximum absolute atomic E-state index is 7.51. The molecule has 0 amide bonds. The van der Waals surface area contributed by atoms with E-state index >= 15 is 0 Å². The first-order valence-electron chi connectivity index (χ1n) is 5.81. The Morgan fingerprint density at radius 2 is 2.20 bits per heavy atom. The highest BCUT2D eigenvalue weighted by molar-refractivity contribution is 5.84. The summed E-state index contributed by atoms with van der Waals surface area (Å²) < 4.78 is 5.29. The van der Waals surface area contributed by atoms with Crippen LogP contribution in [0.4, 0.5) is 0 Å². The van der Waals surface area contributed by atoms with Gasteiger partial charge in [-0.3, -0.25) is 5.41 Å². The number of hydrogen-bond donors (Lipinski definition) is 2. The number of hydrogen-bond acceptors (Lipinski definition) is 3. The summed E-state index contributed by atoms with van der Waals surface area (Å²) in [6.07, 6.45) is 7.20. The molecule has 3 nitrogen and oxygen atoms in total. The third-order valence-corrected chi connectivity index (χ3v) is 2.91. The van der Waals surface area contributed by atoms with E-state index in [0.717, 1.165) is 19.3 Å². The monoisotopic (exact) mass is 210 g/mol. The van der Waals surface area contributed by atoms with Gasteiger partial charge in [0.25, 0.3) is 0 Å².